The van der Waals surface area contributed by atoms with Crippen LogP contribution in [0.2, 0.25) is 0 Å². The number of hydrogen-bond donors (Lipinski definition) is 0. The Morgan fingerprint density at radius 3 is 2.26 bits per heavy atom. The summed E-state index contributed by atoms with van der Waals surface area (Å²) in [4.78, 5) is 34.6. The number of fused-ring (bicyclic) bond motifs is 1. The van der Waals surface area contributed by atoms with Crippen LogP contribution < -0.4 is 11.2 Å². The summed E-state index contributed by atoms with van der Waals surface area (Å²) in [5.41, 5.74) is 2.74. The van der Waals surface area contributed by atoms with Crippen molar-refractivity contribution in [3.63, 3.8) is 0 Å². The molecular formula is C20H24N4O2S. The van der Waals surface area contributed by atoms with Gasteiger partial charge in [-0.05, 0) is 32.4 Å². The van der Waals surface area contributed by atoms with Crippen LogP contribution in [0, 0.1) is 13.8 Å². The zero-order valence-electron chi connectivity index (χ0n) is 16.5. The van der Waals surface area contributed by atoms with Crippen molar-refractivity contribution in [3.05, 3.63) is 50.2 Å². The highest BCUT2D eigenvalue weighted by Crippen LogP contribution is 2.30. The molecule has 0 bridgehead atoms. The van der Waals surface area contributed by atoms with E-state index in [1.807, 2.05) is 26.0 Å². The third kappa shape index (κ3) is 3.56. The van der Waals surface area contributed by atoms with Gasteiger partial charge in [-0.1, -0.05) is 31.0 Å². The minimum atomic E-state index is -0.392. The lowest BCUT2D eigenvalue weighted by molar-refractivity contribution is 0.703. The van der Waals surface area contributed by atoms with Gasteiger partial charge in [0.15, 0.2) is 11.5 Å². The van der Waals surface area contributed by atoms with Crippen LogP contribution in [0.5, 0.6) is 0 Å². The van der Waals surface area contributed by atoms with E-state index in [1.54, 1.807) is 18.8 Å². The second-order valence-corrected chi connectivity index (χ2v) is 8.40. The van der Waals surface area contributed by atoms with E-state index in [2.05, 4.69) is 24.9 Å². The zero-order chi connectivity index (χ0) is 19.9. The first kappa shape index (κ1) is 19.4. The van der Waals surface area contributed by atoms with Crippen LogP contribution in [-0.4, -0.2) is 24.4 Å². The van der Waals surface area contributed by atoms with Gasteiger partial charge >= 0.3 is 5.69 Å². The lowest BCUT2D eigenvalue weighted by Crippen LogP contribution is -2.37. The predicted molar refractivity (Wildman–Crippen MR) is 111 cm³/mol. The Morgan fingerprint density at radius 2 is 1.67 bits per heavy atom. The third-order valence-corrected chi connectivity index (χ3v) is 5.89. The van der Waals surface area contributed by atoms with Gasteiger partial charge in [0.05, 0.1) is 0 Å². The molecule has 7 heteroatoms. The summed E-state index contributed by atoms with van der Waals surface area (Å²) in [6.07, 6.45) is 0.946. The summed E-state index contributed by atoms with van der Waals surface area (Å²) in [5, 5.41) is 1.31. The van der Waals surface area contributed by atoms with Gasteiger partial charge in [0.1, 0.15) is 10.4 Å². The van der Waals surface area contributed by atoms with E-state index >= 15 is 0 Å². The van der Waals surface area contributed by atoms with Gasteiger partial charge in [0.2, 0.25) is 0 Å². The molecule has 3 aromatic rings. The summed E-state index contributed by atoms with van der Waals surface area (Å²) >= 11 is 1.55. The van der Waals surface area contributed by atoms with Crippen molar-refractivity contribution in [1.29, 1.82) is 0 Å². The summed E-state index contributed by atoms with van der Waals surface area (Å²) in [5.74, 6) is 0.531. The van der Waals surface area contributed by atoms with Crippen molar-refractivity contribution in [2.45, 2.75) is 44.4 Å². The van der Waals surface area contributed by atoms with Gasteiger partial charge < -0.3 is 0 Å². The number of benzene rings is 1. The first-order valence-electron chi connectivity index (χ1n) is 8.96. The normalized spacial score (nSPS) is 12.5. The molecule has 0 fully saturated rings. The van der Waals surface area contributed by atoms with Crippen molar-refractivity contribution in [3.8, 4) is 11.4 Å². The number of nitrogens with zero attached hydrogens (tertiary/aromatic N) is 4. The number of rotatable bonds is 4. The van der Waals surface area contributed by atoms with Crippen LogP contribution >= 0.6 is 11.8 Å². The summed E-state index contributed by atoms with van der Waals surface area (Å²) in [6.45, 7) is 8.25. The Labute approximate surface area is 162 Å². The topological polar surface area (TPSA) is 69.8 Å². The van der Waals surface area contributed by atoms with Crippen molar-refractivity contribution >= 4 is 22.8 Å². The zero-order valence-corrected chi connectivity index (χ0v) is 17.3. The molecule has 0 N–H and O–H groups in total. The molecule has 2 aromatic heterocycles. The molecule has 0 aliphatic carbocycles. The van der Waals surface area contributed by atoms with Crippen molar-refractivity contribution in [1.82, 2.24) is 19.1 Å². The highest BCUT2D eigenvalue weighted by Gasteiger charge is 2.19. The van der Waals surface area contributed by atoms with Crippen LogP contribution in [0.1, 0.15) is 31.4 Å². The summed E-state index contributed by atoms with van der Waals surface area (Å²) in [7, 11) is 3.12. The van der Waals surface area contributed by atoms with E-state index in [-0.39, 0.29) is 10.8 Å². The fourth-order valence-electron chi connectivity index (χ4n) is 3.02. The fraction of sp³-hybridized carbons (Fsp3) is 0.400. The third-order valence-electron chi connectivity index (χ3n) is 4.63. The number of aryl methyl sites for hydroxylation is 3. The Bertz CT molecular complexity index is 1130. The smallest absolute Gasteiger partial charge is 0.280 e. The first-order chi connectivity index (χ1) is 12.7. The maximum absolute atomic E-state index is 12.8. The minimum absolute atomic E-state index is 0.289. The molecule has 0 radical (unpaired) electrons. The molecule has 0 saturated heterocycles. The molecular weight excluding hydrogens is 360 g/mol. The molecule has 3 rings (SSSR count). The predicted octanol–water partition coefficient (Wildman–Crippen LogP) is 3.20. The highest BCUT2D eigenvalue weighted by atomic mass is 32.2. The van der Waals surface area contributed by atoms with Gasteiger partial charge in [-0.15, -0.1) is 11.8 Å². The van der Waals surface area contributed by atoms with Crippen LogP contribution in [-0.2, 0) is 14.1 Å². The van der Waals surface area contributed by atoms with E-state index in [9.17, 15) is 9.59 Å². The van der Waals surface area contributed by atoms with E-state index in [0.29, 0.717) is 21.9 Å². The fourth-order valence-corrected chi connectivity index (χ4v) is 4.00. The van der Waals surface area contributed by atoms with Gasteiger partial charge in [-0.2, -0.15) is 0 Å². The van der Waals surface area contributed by atoms with Gasteiger partial charge in [0, 0.05) is 24.9 Å². The molecule has 2 heterocycles. The van der Waals surface area contributed by atoms with Crippen molar-refractivity contribution < 1.29 is 0 Å². The molecule has 1 aromatic carbocycles. The molecule has 0 saturated carbocycles. The Kier molecular flexibility index (Phi) is 5.24. The van der Waals surface area contributed by atoms with Crippen molar-refractivity contribution in [2.24, 2.45) is 14.1 Å². The van der Waals surface area contributed by atoms with Gasteiger partial charge in [-0.25, -0.2) is 14.8 Å². The molecule has 0 aliphatic rings. The van der Waals surface area contributed by atoms with E-state index in [1.165, 1.54) is 11.6 Å². The van der Waals surface area contributed by atoms with E-state index in [4.69, 9.17) is 4.98 Å². The van der Waals surface area contributed by atoms with Crippen LogP contribution in [0.15, 0.2) is 32.8 Å². The second-order valence-electron chi connectivity index (χ2n) is 6.97. The van der Waals surface area contributed by atoms with Crippen LogP contribution in [0.4, 0.5) is 0 Å². The lowest BCUT2D eigenvalue weighted by Gasteiger charge is -2.14. The maximum Gasteiger partial charge on any atom is 0.332 e. The first-order valence-corrected chi connectivity index (χ1v) is 9.84. The average molecular weight is 385 g/mol. The molecule has 1 atom stereocenters. The standard InChI is InChI=1S/C20H24N4O2S/c1-7-13(4)27-18-15-17(23(5)20(26)24(6)19(15)25)21-16(22-18)14-9-11(2)8-12(3)10-14/h8-10,13H,7H2,1-6H3/t13-/m0/s1. The number of thioether (sulfide) groups is 1. The summed E-state index contributed by atoms with van der Waals surface area (Å²) in [6, 6.07) is 6.13. The van der Waals surface area contributed by atoms with Crippen LogP contribution in [0.25, 0.3) is 22.4 Å². The number of hydrogen-bond acceptors (Lipinski definition) is 5. The molecule has 0 unspecified atom stereocenters. The SMILES string of the molecule is CC[C@H](C)Sc1nc(-c2cc(C)cc(C)c2)nc2c1c(=O)n(C)c(=O)n2C. The molecule has 142 valence electrons. The van der Waals surface area contributed by atoms with Crippen LogP contribution in [0.3, 0.4) is 0 Å². The highest BCUT2D eigenvalue weighted by molar-refractivity contribution is 8.00. The largest absolute Gasteiger partial charge is 0.332 e. The molecule has 6 nitrogen and oxygen atoms in total. The molecule has 0 amide bonds. The van der Waals surface area contributed by atoms with E-state index < -0.39 is 5.69 Å². The van der Waals surface area contributed by atoms with E-state index in [0.717, 1.165) is 27.7 Å². The maximum atomic E-state index is 12.8. The Morgan fingerprint density at radius 1 is 1.04 bits per heavy atom. The lowest BCUT2D eigenvalue weighted by atomic mass is 10.1. The quantitative estimate of drug-likeness (QED) is 0.510. The van der Waals surface area contributed by atoms with Crippen molar-refractivity contribution in [2.75, 3.05) is 0 Å². The van der Waals surface area contributed by atoms with Gasteiger partial charge in [0.25, 0.3) is 5.56 Å². The molecule has 0 spiro atoms. The average Bonchev–Trinajstić information content (AvgIpc) is 2.63. The molecule has 0 aliphatic heterocycles. The number of aromatic nitrogens is 4. The minimum Gasteiger partial charge on any atom is -0.280 e. The Hall–Kier alpha value is -2.41. The van der Waals surface area contributed by atoms with Gasteiger partial charge in [-0.3, -0.25) is 13.9 Å². The Balaban J connectivity index is 2.41. The second kappa shape index (κ2) is 7.31. The monoisotopic (exact) mass is 384 g/mol. The summed E-state index contributed by atoms with van der Waals surface area (Å²) < 4.78 is 2.54. The molecule has 27 heavy (non-hydrogen) atoms.